The van der Waals surface area contributed by atoms with Gasteiger partial charge in [0.05, 0.1) is 6.04 Å². The molecule has 5 heteroatoms. The molecule has 0 aromatic carbocycles. The maximum atomic E-state index is 11.2. The lowest BCUT2D eigenvalue weighted by molar-refractivity contribution is -0.127. The largest absolute Gasteiger partial charge is 0.368 e. The summed E-state index contributed by atoms with van der Waals surface area (Å²) in [5, 5.41) is 2.73. The molecule has 0 aromatic rings. The van der Waals surface area contributed by atoms with E-state index in [1.807, 2.05) is 0 Å². The summed E-state index contributed by atoms with van der Waals surface area (Å²) in [6.45, 7) is 0.723. The van der Waals surface area contributed by atoms with E-state index >= 15 is 0 Å². The highest BCUT2D eigenvalue weighted by Gasteiger charge is 2.25. The van der Waals surface area contributed by atoms with Gasteiger partial charge in [-0.15, -0.1) is 0 Å². The molecular formula is C8H15N3O2. The van der Waals surface area contributed by atoms with E-state index in [9.17, 15) is 9.59 Å². The smallest absolute Gasteiger partial charge is 0.234 e. The first-order valence-electron chi connectivity index (χ1n) is 4.44. The summed E-state index contributed by atoms with van der Waals surface area (Å²) < 4.78 is 0. The highest BCUT2D eigenvalue weighted by molar-refractivity contribution is 5.83. The second-order valence-corrected chi connectivity index (χ2v) is 3.37. The standard InChI is InChI=1S/C8H15N3O2/c9-6(7(10)12)4-5-2-1-3-11-8(5)13/h5-6H,1-4,9H2,(H2,10,12)(H,11,13)/t5-,6?/m0/s1. The molecule has 0 aliphatic carbocycles. The zero-order chi connectivity index (χ0) is 9.84. The highest BCUT2D eigenvalue weighted by atomic mass is 16.2. The van der Waals surface area contributed by atoms with Crippen LogP contribution in [0.3, 0.4) is 0 Å². The van der Waals surface area contributed by atoms with Crippen molar-refractivity contribution >= 4 is 11.8 Å². The number of rotatable bonds is 3. The molecule has 0 radical (unpaired) electrons. The molecule has 2 atom stereocenters. The maximum Gasteiger partial charge on any atom is 0.234 e. The van der Waals surface area contributed by atoms with Gasteiger partial charge < -0.3 is 16.8 Å². The summed E-state index contributed by atoms with van der Waals surface area (Å²) in [5.74, 6) is -0.697. The van der Waals surface area contributed by atoms with E-state index in [2.05, 4.69) is 5.32 Å². The molecule has 13 heavy (non-hydrogen) atoms. The van der Waals surface area contributed by atoms with Gasteiger partial charge in [0.1, 0.15) is 0 Å². The summed E-state index contributed by atoms with van der Waals surface area (Å²) in [6.07, 6.45) is 2.11. The quantitative estimate of drug-likeness (QED) is 0.510. The minimum atomic E-state index is -0.700. The summed E-state index contributed by atoms with van der Waals surface area (Å²) in [6, 6.07) is -0.700. The number of carbonyl (C=O) groups is 2. The predicted octanol–water partition coefficient (Wildman–Crippen LogP) is -1.28. The van der Waals surface area contributed by atoms with Crippen molar-refractivity contribution in [2.24, 2.45) is 17.4 Å². The van der Waals surface area contributed by atoms with Gasteiger partial charge in [-0.3, -0.25) is 9.59 Å². The summed E-state index contributed by atoms with van der Waals surface area (Å²) >= 11 is 0. The van der Waals surface area contributed by atoms with Crippen LogP contribution in [0.25, 0.3) is 0 Å². The SMILES string of the molecule is NC(=O)C(N)C[C@@H]1CCCNC1=O. The molecule has 0 saturated carbocycles. The van der Waals surface area contributed by atoms with Crippen LogP contribution >= 0.6 is 0 Å². The fourth-order valence-electron chi connectivity index (χ4n) is 1.48. The van der Waals surface area contributed by atoms with Gasteiger partial charge in [0.2, 0.25) is 11.8 Å². The third kappa shape index (κ3) is 2.69. The molecule has 1 heterocycles. The average molecular weight is 185 g/mol. The Morgan fingerprint density at radius 2 is 2.38 bits per heavy atom. The Kier molecular flexibility index (Phi) is 3.25. The van der Waals surface area contributed by atoms with Crippen molar-refractivity contribution in [3.05, 3.63) is 0 Å². The molecule has 1 aliphatic rings. The van der Waals surface area contributed by atoms with Crippen LogP contribution in [0.2, 0.25) is 0 Å². The Morgan fingerprint density at radius 3 is 2.92 bits per heavy atom. The molecular weight excluding hydrogens is 170 g/mol. The van der Waals surface area contributed by atoms with Crippen LogP contribution in [0.15, 0.2) is 0 Å². The number of piperidine rings is 1. The van der Waals surface area contributed by atoms with Crippen LogP contribution in [0.5, 0.6) is 0 Å². The first kappa shape index (κ1) is 9.98. The molecule has 1 fully saturated rings. The van der Waals surface area contributed by atoms with E-state index in [1.54, 1.807) is 0 Å². The van der Waals surface area contributed by atoms with E-state index in [-0.39, 0.29) is 11.8 Å². The fraction of sp³-hybridized carbons (Fsp3) is 0.750. The van der Waals surface area contributed by atoms with Gasteiger partial charge in [-0.05, 0) is 19.3 Å². The Morgan fingerprint density at radius 1 is 1.69 bits per heavy atom. The van der Waals surface area contributed by atoms with Crippen LogP contribution in [0, 0.1) is 5.92 Å². The van der Waals surface area contributed by atoms with Gasteiger partial charge >= 0.3 is 0 Å². The van der Waals surface area contributed by atoms with Gasteiger partial charge in [0, 0.05) is 12.5 Å². The topological polar surface area (TPSA) is 98.2 Å². The van der Waals surface area contributed by atoms with Crippen LogP contribution < -0.4 is 16.8 Å². The summed E-state index contributed by atoms with van der Waals surface area (Å²) in [4.78, 5) is 21.9. The van der Waals surface area contributed by atoms with Crippen LogP contribution in [0.1, 0.15) is 19.3 Å². The average Bonchev–Trinajstić information content (AvgIpc) is 2.08. The van der Waals surface area contributed by atoms with Gasteiger partial charge in [-0.1, -0.05) is 0 Å². The van der Waals surface area contributed by atoms with Gasteiger partial charge in [-0.25, -0.2) is 0 Å². The molecule has 0 spiro atoms. The van der Waals surface area contributed by atoms with Crippen LogP contribution in [-0.4, -0.2) is 24.4 Å². The number of hydrogen-bond donors (Lipinski definition) is 3. The Hall–Kier alpha value is -1.10. The van der Waals surface area contributed by atoms with Crippen molar-refractivity contribution in [2.45, 2.75) is 25.3 Å². The summed E-state index contributed by atoms with van der Waals surface area (Å²) in [5.41, 5.74) is 10.5. The highest BCUT2D eigenvalue weighted by Crippen LogP contribution is 2.16. The van der Waals surface area contributed by atoms with Crippen molar-refractivity contribution in [1.29, 1.82) is 0 Å². The van der Waals surface area contributed by atoms with Crippen molar-refractivity contribution in [3.8, 4) is 0 Å². The number of nitrogens with one attached hydrogen (secondary N) is 1. The lowest BCUT2D eigenvalue weighted by Gasteiger charge is -2.23. The number of carbonyl (C=O) groups excluding carboxylic acids is 2. The zero-order valence-electron chi connectivity index (χ0n) is 7.45. The monoisotopic (exact) mass is 185 g/mol. The third-order valence-electron chi connectivity index (χ3n) is 2.30. The van der Waals surface area contributed by atoms with Crippen molar-refractivity contribution in [1.82, 2.24) is 5.32 Å². The number of nitrogens with two attached hydrogens (primary N) is 2. The fourth-order valence-corrected chi connectivity index (χ4v) is 1.48. The predicted molar refractivity (Wildman–Crippen MR) is 47.5 cm³/mol. The van der Waals surface area contributed by atoms with Crippen molar-refractivity contribution in [3.63, 3.8) is 0 Å². The number of primary amides is 1. The van der Waals surface area contributed by atoms with E-state index < -0.39 is 11.9 Å². The van der Waals surface area contributed by atoms with E-state index in [1.165, 1.54) is 0 Å². The minimum absolute atomic E-state index is 0.0112. The first-order valence-corrected chi connectivity index (χ1v) is 4.44. The van der Waals surface area contributed by atoms with Crippen LogP contribution in [0.4, 0.5) is 0 Å². The van der Waals surface area contributed by atoms with Crippen LogP contribution in [-0.2, 0) is 9.59 Å². The summed E-state index contributed by atoms with van der Waals surface area (Å²) in [7, 11) is 0. The molecule has 5 nitrogen and oxygen atoms in total. The molecule has 5 N–H and O–H groups in total. The Labute approximate surface area is 76.8 Å². The Bertz CT molecular complexity index is 217. The maximum absolute atomic E-state index is 11.2. The molecule has 1 rings (SSSR count). The molecule has 0 aromatic heterocycles. The molecule has 1 unspecified atom stereocenters. The minimum Gasteiger partial charge on any atom is -0.368 e. The van der Waals surface area contributed by atoms with Gasteiger partial charge in [0.25, 0.3) is 0 Å². The number of amides is 2. The Balaban J connectivity index is 2.42. The lowest BCUT2D eigenvalue weighted by Crippen LogP contribution is -2.43. The normalized spacial score (nSPS) is 25.0. The lowest BCUT2D eigenvalue weighted by atomic mass is 9.92. The molecule has 74 valence electrons. The molecule has 1 saturated heterocycles. The van der Waals surface area contributed by atoms with E-state index in [0.29, 0.717) is 6.42 Å². The van der Waals surface area contributed by atoms with Gasteiger partial charge in [-0.2, -0.15) is 0 Å². The number of hydrogen-bond acceptors (Lipinski definition) is 3. The van der Waals surface area contributed by atoms with E-state index in [4.69, 9.17) is 11.5 Å². The molecule has 2 amide bonds. The second kappa shape index (κ2) is 4.23. The molecule has 1 aliphatic heterocycles. The third-order valence-corrected chi connectivity index (χ3v) is 2.30. The second-order valence-electron chi connectivity index (χ2n) is 3.37. The van der Waals surface area contributed by atoms with Crippen molar-refractivity contribution < 1.29 is 9.59 Å². The van der Waals surface area contributed by atoms with Gasteiger partial charge in [0.15, 0.2) is 0 Å². The zero-order valence-corrected chi connectivity index (χ0v) is 7.45. The van der Waals surface area contributed by atoms with Crippen molar-refractivity contribution in [2.75, 3.05) is 6.54 Å². The first-order chi connectivity index (χ1) is 6.11. The molecule has 0 bridgehead atoms. The van der Waals surface area contributed by atoms with E-state index in [0.717, 1.165) is 19.4 Å².